The Morgan fingerprint density at radius 3 is 2.80 bits per heavy atom. The number of methoxy groups -OCH3 is 1. The van der Waals surface area contributed by atoms with Crippen LogP contribution in [-0.2, 0) is 13.1 Å². The van der Waals surface area contributed by atoms with Gasteiger partial charge >= 0.3 is 0 Å². The highest BCUT2D eigenvalue weighted by Crippen LogP contribution is 2.12. The van der Waals surface area contributed by atoms with E-state index >= 15 is 0 Å². The van der Waals surface area contributed by atoms with Gasteiger partial charge in [0, 0.05) is 13.1 Å². The number of nitrogens with two attached hydrogens (primary N) is 1. The second-order valence-electron chi connectivity index (χ2n) is 4.15. The van der Waals surface area contributed by atoms with E-state index in [1.165, 1.54) is 0 Å². The maximum absolute atomic E-state index is 11.9. The van der Waals surface area contributed by atoms with Gasteiger partial charge in [-0.3, -0.25) is 4.79 Å². The molecular formula is C14H16N4O2. The lowest BCUT2D eigenvalue weighted by atomic mass is 10.2. The standard InChI is InChI=1S/C14H16N4O2/c1-20-12-4-2-3-10(7-12)9-16-14(19)13-6-5-11(8-15)17-18-13/h2-7H,8-9,15H2,1H3,(H,16,19). The number of aromatic nitrogens is 2. The van der Waals surface area contributed by atoms with E-state index in [2.05, 4.69) is 15.5 Å². The van der Waals surface area contributed by atoms with E-state index in [0.717, 1.165) is 11.3 Å². The highest BCUT2D eigenvalue weighted by Gasteiger charge is 2.07. The van der Waals surface area contributed by atoms with Crippen molar-refractivity contribution >= 4 is 5.91 Å². The van der Waals surface area contributed by atoms with Crippen molar-refractivity contribution < 1.29 is 9.53 Å². The van der Waals surface area contributed by atoms with E-state index in [9.17, 15) is 4.79 Å². The molecule has 0 unspecified atom stereocenters. The second kappa shape index (κ2) is 6.63. The molecule has 3 N–H and O–H groups in total. The van der Waals surface area contributed by atoms with Crippen LogP contribution in [0.1, 0.15) is 21.7 Å². The Hall–Kier alpha value is -2.47. The number of ether oxygens (including phenoxy) is 1. The Bertz CT molecular complexity index is 584. The van der Waals surface area contributed by atoms with Gasteiger partial charge in [-0.25, -0.2) is 0 Å². The molecule has 0 aliphatic heterocycles. The van der Waals surface area contributed by atoms with Crippen LogP contribution in [0.25, 0.3) is 0 Å². The average molecular weight is 272 g/mol. The van der Waals surface area contributed by atoms with Gasteiger partial charge in [0.2, 0.25) is 0 Å². The van der Waals surface area contributed by atoms with Crippen LogP contribution in [0, 0.1) is 0 Å². The van der Waals surface area contributed by atoms with Crippen molar-refractivity contribution in [2.75, 3.05) is 7.11 Å². The van der Waals surface area contributed by atoms with Gasteiger partial charge in [-0.15, -0.1) is 5.10 Å². The Kier molecular flexibility index (Phi) is 4.62. The fourth-order valence-corrected chi connectivity index (χ4v) is 1.65. The first-order chi connectivity index (χ1) is 9.72. The lowest BCUT2D eigenvalue weighted by Gasteiger charge is -2.06. The molecular weight excluding hydrogens is 256 g/mol. The van der Waals surface area contributed by atoms with Crippen LogP contribution in [0.4, 0.5) is 0 Å². The van der Waals surface area contributed by atoms with Crippen molar-refractivity contribution in [1.29, 1.82) is 0 Å². The van der Waals surface area contributed by atoms with Gasteiger partial charge in [-0.1, -0.05) is 12.1 Å². The quantitative estimate of drug-likeness (QED) is 0.843. The van der Waals surface area contributed by atoms with E-state index in [0.29, 0.717) is 18.8 Å². The third-order valence-electron chi connectivity index (χ3n) is 2.75. The van der Waals surface area contributed by atoms with Crippen LogP contribution < -0.4 is 15.8 Å². The first-order valence-corrected chi connectivity index (χ1v) is 6.16. The molecule has 104 valence electrons. The van der Waals surface area contributed by atoms with E-state index in [4.69, 9.17) is 10.5 Å². The van der Waals surface area contributed by atoms with Crippen molar-refractivity contribution in [2.24, 2.45) is 5.73 Å². The number of carbonyl (C=O) groups is 1. The summed E-state index contributed by atoms with van der Waals surface area (Å²) in [7, 11) is 1.60. The number of amides is 1. The van der Waals surface area contributed by atoms with Crippen LogP contribution >= 0.6 is 0 Å². The summed E-state index contributed by atoms with van der Waals surface area (Å²) in [6.45, 7) is 0.703. The maximum Gasteiger partial charge on any atom is 0.272 e. The molecule has 2 aromatic rings. The first-order valence-electron chi connectivity index (χ1n) is 6.16. The zero-order valence-corrected chi connectivity index (χ0v) is 11.2. The molecule has 1 aromatic carbocycles. The molecule has 1 amide bonds. The minimum atomic E-state index is -0.274. The third kappa shape index (κ3) is 3.52. The molecule has 2 rings (SSSR count). The van der Waals surface area contributed by atoms with Crippen LogP contribution in [-0.4, -0.2) is 23.2 Å². The summed E-state index contributed by atoms with van der Waals surface area (Å²) in [6, 6.07) is 10.8. The summed E-state index contributed by atoms with van der Waals surface area (Å²) in [5.41, 5.74) is 7.29. The van der Waals surface area contributed by atoms with Crippen LogP contribution in [0.5, 0.6) is 5.75 Å². The van der Waals surface area contributed by atoms with Crippen molar-refractivity contribution in [3.8, 4) is 5.75 Å². The summed E-state index contributed by atoms with van der Waals surface area (Å²) in [4.78, 5) is 11.9. The summed E-state index contributed by atoms with van der Waals surface area (Å²) in [5.74, 6) is 0.479. The van der Waals surface area contributed by atoms with Crippen molar-refractivity contribution in [3.63, 3.8) is 0 Å². The summed E-state index contributed by atoms with van der Waals surface area (Å²) in [5, 5.41) is 10.4. The predicted octanol–water partition coefficient (Wildman–Crippen LogP) is 0.874. The number of hydrogen-bond donors (Lipinski definition) is 2. The van der Waals surface area contributed by atoms with E-state index in [1.807, 2.05) is 24.3 Å². The molecule has 1 heterocycles. The minimum absolute atomic E-state index is 0.269. The molecule has 6 nitrogen and oxygen atoms in total. The lowest BCUT2D eigenvalue weighted by Crippen LogP contribution is -2.24. The Balaban J connectivity index is 1.97. The molecule has 6 heteroatoms. The number of rotatable bonds is 5. The van der Waals surface area contributed by atoms with Crippen LogP contribution in [0.3, 0.4) is 0 Å². The number of benzene rings is 1. The van der Waals surface area contributed by atoms with Crippen LogP contribution in [0.15, 0.2) is 36.4 Å². The molecule has 0 atom stereocenters. The number of nitrogens with zero attached hydrogens (tertiary/aromatic N) is 2. The number of hydrogen-bond acceptors (Lipinski definition) is 5. The monoisotopic (exact) mass is 272 g/mol. The fourth-order valence-electron chi connectivity index (χ4n) is 1.65. The molecule has 0 spiro atoms. The molecule has 0 aliphatic rings. The molecule has 0 saturated carbocycles. The van der Waals surface area contributed by atoms with Crippen molar-refractivity contribution in [2.45, 2.75) is 13.1 Å². The maximum atomic E-state index is 11.9. The molecule has 0 radical (unpaired) electrons. The second-order valence-corrected chi connectivity index (χ2v) is 4.15. The minimum Gasteiger partial charge on any atom is -0.497 e. The summed E-state index contributed by atoms with van der Waals surface area (Å²) in [6.07, 6.45) is 0. The van der Waals surface area contributed by atoms with Crippen molar-refractivity contribution in [3.05, 3.63) is 53.3 Å². The largest absolute Gasteiger partial charge is 0.497 e. The van der Waals surface area contributed by atoms with Gasteiger partial charge in [0.15, 0.2) is 5.69 Å². The molecule has 20 heavy (non-hydrogen) atoms. The Morgan fingerprint density at radius 2 is 2.15 bits per heavy atom. The predicted molar refractivity (Wildman–Crippen MR) is 74.1 cm³/mol. The molecule has 0 fully saturated rings. The normalized spacial score (nSPS) is 10.1. The average Bonchev–Trinajstić information content (AvgIpc) is 2.53. The number of carbonyl (C=O) groups excluding carboxylic acids is 1. The molecule has 0 aliphatic carbocycles. The smallest absolute Gasteiger partial charge is 0.272 e. The van der Waals surface area contributed by atoms with Gasteiger partial charge < -0.3 is 15.8 Å². The van der Waals surface area contributed by atoms with Crippen LogP contribution in [0.2, 0.25) is 0 Å². The van der Waals surface area contributed by atoms with Gasteiger partial charge in [0.05, 0.1) is 12.8 Å². The summed E-state index contributed by atoms with van der Waals surface area (Å²) < 4.78 is 5.12. The van der Waals surface area contributed by atoms with Crippen molar-refractivity contribution in [1.82, 2.24) is 15.5 Å². The van der Waals surface area contributed by atoms with E-state index < -0.39 is 0 Å². The highest BCUT2D eigenvalue weighted by atomic mass is 16.5. The van der Waals surface area contributed by atoms with Gasteiger partial charge in [0.1, 0.15) is 5.75 Å². The van der Waals surface area contributed by atoms with Gasteiger partial charge in [-0.2, -0.15) is 5.10 Å². The fraction of sp³-hybridized carbons (Fsp3) is 0.214. The highest BCUT2D eigenvalue weighted by molar-refractivity contribution is 5.91. The third-order valence-corrected chi connectivity index (χ3v) is 2.75. The molecule has 0 saturated heterocycles. The van der Waals surface area contributed by atoms with Gasteiger partial charge in [0.25, 0.3) is 5.91 Å². The molecule has 1 aromatic heterocycles. The van der Waals surface area contributed by atoms with E-state index in [-0.39, 0.29) is 11.6 Å². The molecule has 0 bridgehead atoms. The van der Waals surface area contributed by atoms with Gasteiger partial charge in [-0.05, 0) is 29.8 Å². The van der Waals surface area contributed by atoms with E-state index in [1.54, 1.807) is 19.2 Å². The summed E-state index contributed by atoms with van der Waals surface area (Å²) >= 11 is 0. The topological polar surface area (TPSA) is 90.1 Å². The Labute approximate surface area is 117 Å². The SMILES string of the molecule is COc1cccc(CNC(=O)c2ccc(CN)nn2)c1. The lowest BCUT2D eigenvalue weighted by molar-refractivity contribution is 0.0944. The first kappa shape index (κ1) is 14.0. The number of nitrogens with one attached hydrogen (secondary N) is 1. The Morgan fingerprint density at radius 1 is 1.30 bits per heavy atom. The zero-order valence-electron chi connectivity index (χ0n) is 11.2. The zero-order chi connectivity index (χ0) is 14.4.